The fourth-order valence-electron chi connectivity index (χ4n) is 4.19. The topological polar surface area (TPSA) is 137 Å². The molecular formula is C26H19NO7S. The average Bonchev–Trinajstić information content (AvgIpc) is 2.85. The summed E-state index contributed by atoms with van der Waals surface area (Å²) in [4.78, 5) is 13.6. The summed E-state index contributed by atoms with van der Waals surface area (Å²) in [6, 6.07) is 19.0. The Morgan fingerprint density at radius 1 is 0.657 bits per heavy atom. The number of sulfone groups is 1. The van der Waals surface area contributed by atoms with Crippen LogP contribution in [0.4, 0.5) is 0 Å². The van der Waals surface area contributed by atoms with E-state index in [4.69, 9.17) is 0 Å². The van der Waals surface area contributed by atoms with Crippen LogP contribution in [-0.2, 0) is 16.4 Å². The minimum Gasteiger partial charge on any atom is -0.504 e. The van der Waals surface area contributed by atoms with Crippen LogP contribution in [0.2, 0.25) is 0 Å². The van der Waals surface area contributed by atoms with E-state index in [2.05, 4.69) is 0 Å². The lowest BCUT2D eigenvalue weighted by atomic mass is 10.0. The molecule has 1 aromatic heterocycles. The van der Waals surface area contributed by atoms with E-state index in [0.717, 1.165) is 6.07 Å². The van der Waals surface area contributed by atoms with Gasteiger partial charge in [0.15, 0.2) is 23.0 Å². The number of hydrogen-bond acceptors (Lipinski definition) is 7. The number of aromatic nitrogens is 1. The first-order chi connectivity index (χ1) is 16.7. The van der Waals surface area contributed by atoms with Gasteiger partial charge in [-0.25, -0.2) is 8.42 Å². The molecule has 5 rings (SSSR count). The van der Waals surface area contributed by atoms with Crippen molar-refractivity contribution in [3.8, 4) is 23.0 Å². The molecule has 35 heavy (non-hydrogen) atoms. The first kappa shape index (κ1) is 22.3. The van der Waals surface area contributed by atoms with Crippen LogP contribution in [-0.4, -0.2) is 33.4 Å². The normalized spacial score (nSPS) is 11.8. The van der Waals surface area contributed by atoms with E-state index in [1.165, 1.54) is 41.0 Å². The Morgan fingerprint density at radius 2 is 1.20 bits per heavy atom. The Kier molecular flexibility index (Phi) is 5.14. The quantitative estimate of drug-likeness (QED) is 0.222. The van der Waals surface area contributed by atoms with Gasteiger partial charge < -0.3 is 25.0 Å². The summed E-state index contributed by atoms with van der Waals surface area (Å²) in [5, 5.41) is 40.8. The van der Waals surface area contributed by atoms with Crippen molar-refractivity contribution in [3.63, 3.8) is 0 Å². The standard InChI is InChI=1S/C26H19NO7S/c28-21-10-17-18-11-22(29)24(31)13-20(18)27(26(32)19(17)12-23(21)30)14-15-6-4-5-9-25(15)35(33,34)16-7-2-1-3-8-16/h1-13,28-31H,14H2. The summed E-state index contributed by atoms with van der Waals surface area (Å²) >= 11 is 0. The van der Waals surface area contributed by atoms with E-state index in [1.54, 1.807) is 36.4 Å². The van der Waals surface area contributed by atoms with Crippen molar-refractivity contribution < 1.29 is 28.8 Å². The number of pyridine rings is 1. The molecule has 0 fully saturated rings. The molecule has 4 aromatic carbocycles. The van der Waals surface area contributed by atoms with Crippen molar-refractivity contribution in [2.24, 2.45) is 0 Å². The molecule has 0 atom stereocenters. The Bertz CT molecular complexity index is 1790. The van der Waals surface area contributed by atoms with Gasteiger partial charge in [-0.2, -0.15) is 0 Å². The van der Waals surface area contributed by atoms with E-state index in [1.807, 2.05) is 0 Å². The predicted octanol–water partition coefficient (Wildman–Crippen LogP) is 3.86. The molecule has 176 valence electrons. The Labute approximate surface area is 199 Å². The highest BCUT2D eigenvalue weighted by Crippen LogP contribution is 2.37. The van der Waals surface area contributed by atoms with Gasteiger partial charge in [-0.15, -0.1) is 0 Å². The molecule has 0 unspecified atom stereocenters. The molecule has 0 bridgehead atoms. The highest BCUT2D eigenvalue weighted by atomic mass is 32.2. The van der Waals surface area contributed by atoms with Crippen molar-refractivity contribution in [2.45, 2.75) is 16.3 Å². The molecule has 0 saturated carbocycles. The van der Waals surface area contributed by atoms with Crippen LogP contribution in [0.25, 0.3) is 21.7 Å². The largest absolute Gasteiger partial charge is 0.504 e. The molecule has 0 aliphatic carbocycles. The Hall–Kier alpha value is -4.50. The van der Waals surface area contributed by atoms with Crippen LogP contribution >= 0.6 is 0 Å². The van der Waals surface area contributed by atoms with Crippen molar-refractivity contribution in [1.82, 2.24) is 4.57 Å². The number of hydrogen-bond donors (Lipinski definition) is 4. The van der Waals surface area contributed by atoms with Gasteiger partial charge >= 0.3 is 0 Å². The summed E-state index contributed by atoms with van der Waals surface area (Å²) in [7, 11) is -3.90. The molecule has 0 amide bonds. The molecule has 0 spiro atoms. The smallest absolute Gasteiger partial charge is 0.259 e. The molecule has 0 saturated heterocycles. The van der Waals surface area contributed by atoms with Gasteiger partial charge in [-0.3, -0.25) is 4.79 Å². The maximum absolute atomic E-state index is 13.5. The molecule has 4 N–H and O–H groups in total. The van der Waals surface area contributed by atoms with E-state index in [-0.39, 0.29) is 32.6 Å². The summed E-state index contributed by atoms with van der Waals surface area (Å²) in [5.74, 6) is -1.87. The second kappa shape index (κ2) is 8.07. The zero-order valence-electron chi connectivity index (χ0n) is 18.1. The number of nitrogens with zero attached hydrogens (tertiary/aromatic N) is 1. The number of benzene rings is 4. The Morgan fingerprint density at radius 3 is 1.89 bits per heavy atom. The first-order valence-electron chi connectivity index (χ1n) is 10.5. The highest BCUT2D eigenvalue weighted by molar-refractivity contribution is 7.91. The maximum atomic E-state index is 13.5. The van der Waals surface area contributed by atoms with Gasteiger partial charge in [-0.05, 0) is 42.0 Å². The number of fused-ring (bicyclic) bond motifs is 3. The number of phenolic OH excluding ortho intramolecular Hbond substituents is 4. The second-order valence-corrected chi connectivity index (χ2v) is 9.98. The van der Waals surface area contributed by atoms with Crippen molar-refractivity contribution in [2.75, 3.05) is 0 Å². The predicted molar refractivity (Wildman–Crippen MR) is 130 cm³/mol. The minimum absolute atomic E-state index is 0.0166. The zero-order valence-corrected chi connectivity index (χ0v) is 18.9. The van der Waals surface area contributed by atoms with Crippen LogP contribution in [0, 0.1) is 0 Å². The molecule has 1 heterocycles. The average molecular weight is 490 g/mol. The summed E-state index contributed by atoms with van der Waals surface area (Å²) in [6.07, 6.45) is 0. The van der Waals surface area contributed by atoms with Gasteiger partial charge in [-0.1, -0.05) is 36.4 Å². The van der Waals surface area contributed by atoms with E-state index < -0.39 is 38.4 Å². The van der Waals surface area contributed by atoms with Crippen LogP contribution < -0.4 is 5.56 Å². The van der Waals surface area contributed by atoms with Crippen LogP contribution in [0.5, 0.6) is 23.0 Å². The monoisotopic (exact) mass is 489 g/mol. The van der Waals surface area contributed by atoms with E-state index in [0.29, 0.717) is 10.9 Å². The summed E-state index contributed by atoms with van der Waals surface area (Å²) in [6.45, 7) is -0.181. The lowest BCUT2D eigenvalue weighted by Crippen LogP contribution is -2.22. The summed E-state index contributed by atoms with van der Waals surface area (Å²) in [5.41, 5.74) is -0.0516. The lowest BCUT2D eigenvalue weighted by molar-refractivity contribution is 0.404. The van der Waals surface area contributed by atoms with E-state index in [9.17, 15) is 33.6 Å². The van der Waals surface area contributed by atoms with Crippen LogP contribution in [0.3, 0.4) is 0 Å². The number of phenols is 4. The van der Waals surface area contributed by atoms with Gasteiger partial charge in [0, 0.05) is 16.8 Å². The SMILES string of the molecule is O=c1c2cc(O)c(O)cc2c2cc(O)c(O)cc2n1Cc1ccccc1S(=O)(=O)c1ccccc1. The number of rotatable bonds is 4. The van der Waals surface area contributed by atoms with Crippen molar-refractivity contribution >= 4 is 31.5 Å². The van der Waals surface area contributed by atoms with Crippen molar-refractivity contribution in [1.29, 1.82) is 0 Å². The van der Waals surface area contributed by atoms with Gasteiger partial charge in [0.25, 0.3) is 5.56 Å². The molecule has 5 aromatic rings. The molecule has 8 nitrogen and oxygen atoms in total. The summed E-state index contributed by atoms with van der Waals surface area (Å²) < 4.78 is 28.0. The van der Waals surface area contributed by atoms with E-state index >= 15 is 0 Å². The van der Waals surface area contributed by atoms with Gasteiger partial charge in [0.1, 0.15) is 0 Å². The highest BCUT2D eigenvalue weighted by Gasteiger charge is 2.22. The molecule has 9 heteroatoms. The fraction of sp³-hybridized carbons (Fsp3) is 0.0385. The lowest BCUT2D eigenvalue weighted by Gasteiger charge is -2.17. The Balaban J connectivity index is 1.80. The minimum atomic E-state index is -3.90. The fourth-order valence-corrected chi connectivity index (χ4v) is 5.69. The molecule has 0 aliphatic rings. The zero-order chi connectivity index (χ0) is 24.9. The third-order valence-corrected chi connectivity index (χ3v) is 7.78. The van der Waals surface area contributed by atoms with Gasteiger partial charge in [0.2, 0.25) is 9.84 Å². The number of aromatic hydroxyl groups is 4. The second-order valence-electron chi connectivity index (χ2n) is 8.06. The van der Waals surface area contributed by atoms with Gasteiger partial charge in [0.05, 0.1) is 27.2 Å². The molecule has 0 aliphatic heterocycles. The first-order valence-corrected chi connectivity index (χ1v) is 12.0. The van der Waals surface area contributed by atoms with Crippen molar-refractivity contribution in [3.05, 3.63) is 94.8 Å². The van der Waals surface area contributed by atoms with Crippen LogP contribution in [0.1, 0.15) is 5.56 Å². The maximum Gasteiger partial charge on any atom is 0.259 e. The van der Waals surface area contributed by atoms with Crippen LogP contribution in [0.15, 0.2) is 93.4 Å². The molecular weight excluding hydrogens is 470 g/mol. The molecule has 0 radical (unpaired) electrons. The third kappa shape index (κ3) is 3.62. The third-order valence-electron chi connectivity index (χ3n) is 5.91.